The summed E-state index contributed by atoms with van der Waals surface area (Å²) in [6, 6.07) is 25.9. The molecule has 0 heterocycles. The molecule has 0 aromatic heterocycles. The van der Waals surface area contributed by atoms with Crippen LogP contribution in [0.3, 0.4) is 0 Å². The number of esters is 1. The largest absolute Gasteiger partial charge is 0.466 e. The Balaban J connectivity index is 1.32. The van der Waals surface area contributed by atoms with Crippen LogP contribution in [0.1, 0.15) is 121 Å². The van der Waals surface area contributed by atoms with Crippen molar-refractivity contribution in [2.75, 3.05) is 6.61 Å². The molecular formula is C47H72O4Si2. The number of benzene rings is 2. The van der Waals surface area contributed by atoms with Crippen molar-refractivity contribution in [3.05, 3.63) is 72.3 Å². The van der Waals surface area contributed by atoms with Gasteiger partial charge in [-0.05, 0) is 126 Å². The topological polar surface area (TPSA) is 44.8 Å². The molecule has 6 heteroatoms. The van der Waals surface area contributed by atoms with Crippen LogP contribution in [0.4, 0.5) is 0 Å². The van der Waals surface area contributed by atoms with Gasteiger partial charge in [0.2, 0.25) is 0 Å². The van der Waals surface area contributed by atoms with Crippen molar-refractivity contribution in [3.63, 3.8) is 0 Å². The molecule has 2 aromatic rings. The third-order valence-electron chi connectivity index (χ3n) is 15.7. The average molecular weight is 757 g/mol. The van der Waals surface area contributed by atoms with Crippen LogP contribution in [0.2, 0.25) is 23.2 Å². The molecule has 0 radical (unpaired) electrons. The maximum absolute atomic E-state index is 12.8. The Morgan fingerprint density at radius 1 is 0.868 bits per heavy atom. The lowest BCUT2D eigenvalue weighted by molar-refractivity contribution is -0.145. The lowest BCUT2D eigenvalue weighted by Gasteiger charge is -2.59. The SMILES string of the molecule is CCOC(=O)C[C@@H](C)C1C[C@@H](O[Si](CC)(CC)CC)[C@H]2[C@@H]3CC=C4C[C@@H](O[Si](c5ccccc5)(c5ccccc5)C(C)(C)C)CC[C@]4(C)[C@H]3CC[C@]12C. The molecule has 2 aromatic carbocycles. The van der Waals surface area contributed by atoms with Gasteiger partial charge < -0.3 is 13.6 Å². The summed E-state index contributed by atoms with van der Waals surface area (Å²) in [5, 5.41) is 2.73. The highest BCUT2D eigenvalue weighted by molar-refractivity contribution is 6.99. The third-order valence-corrected chi connectivity index (χ3v) is 25.4. The predicted molar refractivity (Wildman–Crippen MR) is 226 cm³/mol. The van der Waals surface area contributed by atoms with Crippen molar-refractivity contribution in [2.24, 2.45) is 40.4 Å². The quantitative estimate of drug-likeness (QED) is 0.116. The second-order valence-corrected chi connectivity index (χ2v) is 28.1. The Kier molecular flexibility index (Phi) is 12.2. The van der Waals surface area contributed by atoms with Crippen molar-refractivity contribution in [3.8, 4) is 0 Å². The highest BCUT2D eigenvalue weighted by Crippen LogP contribution is 2.68. The summed E-state index contributed by atoms with van der Waals surface area (Å²) in [5.74, 6) is 2.57. The molecule has 0 saturated heterocycles. The lowest BCUT2D eigenvalue weighted by Crippen LogP contribution is -2.68. The van der Waals surface area contributed by atoms with Crippen molar-refractivity contribution in [1.29, 1.82) is 0 Å². The van der Waals surface area contributed by atoms with E-state index >= 15 is 0 Å². The summed E-state index contributed by atoms with van der Waals surface area (Å²) in [5.41, 5.74) is 2.04. The maximum Gasteiger partial charge on any atom is 0.306 e. The first kappa shape index (κ1) is 40.7. The summed E-state index contributed by atoms with van der Waals surface area (Å²) in [6.07, 6.45) is 11.8. The zero-order valence-corrected chi connectivity index (χ0v) is 37.0. The van der Waals surface area contributed by atoms with Crippen molar-refractivity contribution in [1.82, 2.24) is 0 Å². The fourth-order valence-electron chi connectivity index (χ4n) is 12.7. The van der Waals surface area contributed by atoms with Crippen molar-refractivity contribution < 1.29 is 18.4 Å². The van der Waals surface area contributed by atoms with E-state index in [-0.39, 0.29) is 27.9 Å². The number of carbonyl (C=O) groups excluding carboxylic acids is 1. The van der Waals surface area contributed by atoms with Crippen LogP contribution in [-0.4, -0.2) is 41.4 Å². The fraction of sp³-hybridized carbons (Fsp3) is 0.681. The fourth-order valence-corrected chi connectivity index (χ4v) is 20.3. The van der Waals surface area contributed by atoms with E-state index in [9.17, 15) is 4.79 Å². The second-order valence-electron chi connectivity index (χ2n) is 19.1. The monoisotopic (exact) mass is 756 g/mol. The molecule has 0 N–H and O–H groups in total. The summed E-state index contributed by atoms with van der Waals surface area (Å²) in [7, 11) is -4.47. The maximum atomic E-state index is 12.8. The third kappa shape index (κ3) is 7.26. The van der Waals surface area contributed by atoms with E-state index in [1.54, 1.807) is 5.57 Å². The van der Waals surface area contributed by atoms with Gasteiger partial charge >= 0.3 is 5.97 Å². The molecular weight excluding hydrogens is 685 g/mol. The number of rotatable bonds is 13. The number of allylic oxidation sites excluding steroid dienone is 1. The van der Waals surface area contributed by atoms with Gasteiger partial charge in [-0.25, -0.2) is 0 Å². The first-order valence-corrected chi connectivity index (χ1v) is 26.0. The van der Waals surface area contributed by atoms with E-state index in [0.717, 1.165) is 25.7 Å². The van der Waals surface area contributed by atoms with Gasteiger partial charge in [0, 0.05) is 18.6 Å². The molecule has 0 bridgehead atoms. The van der Waals surface area contributed by atoms with Crippen molar-refractivity contribution in [2.45, 2.75) is 156 Å². The number of fused-ring (bicyclic) bond motifs is 5. The van der Waals surface area contributed by atoms with E-state index in [2.05, 4.69) is 129 Å². The van der Waals surface area contributed by atoms with E-state index in [0.29, 0.717) is 48.7 Å². The van der Waals surface area contributed by atoms with Crippen LogP contribution in [0.5, 0.6) is 0 Å². The highest BCUT2D eigenvalue weighted by atomic mass is 28.4. The molecule has 4 aliphatic carbocycles. The first-order chi connectivity index (χ1) is 25.2. The molecule has 3 fully saturated rings. The Bertz CT molecular complexity index is 1520. The molecule has 6 rings (SSSR count). The van der Waals surface area contributed by atoms with Gasteiger partial charge in [0.25, 0.3) is 8.32 Å². The van der Waals surface area contributed by atoms with E-state index in [4.69, 9.17) is 13.6 Å². The molecule has 4 aliphatic rings. The standard InChI is InChI=1S/C47H72O4Si2/c1-11-49-43(48)31-34(5)41-33-42(51-52(12-2,13-3)14-4)44-39-26-25-35-32-36(27-29-46(35,9)40(39)28-30-47(41,44)10)50-53(45(6,7)8,37-21-17-15-18-22-37)38-23-19-16-20-24-38/h15-25,34,36,39-42,44H,11-14,26-33H2,1-10H3/t34-,36+,39-,40+,41?,42-,44-,46+,47-/m1/s1. The predicted octanol–water partition coefficient (Wildman–Crippen LogP) is 11.1. The van der Waals surface area contributed by atoms with Crippen LogP contribution < -0.4 is 10.4 Å². The molecule has 4 nitrogen and oxygen atoms in total. The summed E-state index contributed by atoms with van der Waals surface area (Å²) < 4.78 is 20.9. The molecule has 0 spiro atoms. The van der Waals surface area contributed by atoms with Gasteiger partial charge in [-0.15, -0.1) is 0 Å². The molecule has 53 heavy (non-hydrogen) atoms. The van der Waals surface area contributed by atoms with Crippen LogP contribution in [0.25, 0.3) is 0 Å². The molecule has 1 unspecified atom stereocenters. The highest BCUT2D eigenvalue weighted by Gasteiger charge is 2.64. The Morgan fingerprint density at radius 3 is 2.02 bits per heavy atom. The van der Waals surface area contributed by atoms with E-state index in [1.807, 2.05) is 6.92 Å². The van der Waals surface area contributed by atoms with Gasteiger partial charge in [0.05, 0.1) is 6.61 Å². The molecule has 0 aliphatic heterocycles. The molecule has 0 amide bonds. The summed E-state index contributed by atoms with van der Waals surface area (Å²) in [4.78, 5) is 12.8. The number of hydrogen-bond acceptors (Lipinski definition) is 4. The van der Waals surface area contributed by atoms with Crippen molar-refractivity contribution >= 4 is 33.0 Å². The second kappa shape index (κ2) is 15.9. The van der Waals surface area contributed by atoms with Gasteiger partial charge in [-0.3, -0.25) is 4.79 Å². The Labute approximate surface area is 325 Å². The zero-order chi connectivity index (χ0) is 38.2. The minimum Gasteiger partial charge on any atom is -0.466 e. The minimum atomic E-state index is -2.63. The van der Waals surface area contributed by atoms with Crippen LogP contribution in [0.15, 0.2) is 72.3 Å². The van der Waals surface area contributed by atoms with Crippen LogP contribution in [0, 0.1) is 40.4 Å². The summed E-state index contributed by atoms with van der Waals surface area (Å²) in [6.45, 7) is 24.3. The number of hydrogen-bond donors (Lipinski definition) is 0. The lowest BCUT2D eigenvalue weighted by atomic mass is 9.46. The van der Waals surface area contributed by atoms with Gasteiger partial charge in [-0.1, -0.05) is 135 Å². The molecule has 292 valence electrons. The van der Waals surface area contributed by atoms with E-state index in [1.165, 1.54) is 47.8 Å². The van der Waals surface area contributed by atoms with Gasteiger partial charge in [0.15, 0.2) is 8.32 Å². The molecule has 3 saturated carbocycles. The Hall–Kier alpha value is -2.00. The smallest absolute Gasteiger partial charge is 0.306 e. The van der Waals surface area contributed by atoms with Crippen LogP contribution >= 0.6 is 0 Å². The van der Waals surface area contributed by atoms with Gasteiger partial charge in [-0.2, -0.15) is 0 Å². The minimum absolute atomic E-state index is 0.0250. The average Bonchev–Trinajstić information content (AvgIpc) is 3.45. The normalized spacial score (nSPS) is 32.2. The molecule has 9 atom stereocenters. The van der Waals surface area contributed by atoms with Gasteiger partial charge in [0.1, 0.15) is 0 Å². The number of ether oxygens (including phenoxy) is 1. The van der Waals surface area contributed by atoms with E-state index < -0.39 is 16.6 Å². The zero-order valence-electron chi connectivity index (χ0n) is 35.0. The van der Waals surface area contributed by atoms with Crippen LogP contribution in [-0.2, 0) is 18.4 Å². The first-order valence-electron chi connectivity index (χ1n) is 21.5. The number of carbonyl (C=O) groups is 1. The Morgan fingerprint density at radius 2 is 1.47 bits per heavy atom. The summed E-state index contributed by atoms with van der Waals surface area (Å²) >= 11 is 0.